The lowest BCUT2D eigenvalue weighted by molar-refractivity contribution is 1.34. The van der Waals surface area contributed by atoms with Crippen LogP contribution in [0, 0.1) is 0 Å². The van der Waals surface area contributed by atoms with Crippen LogP contribution < -0.4 is 0 Å². The van der Waals surface area contributed by atoms with Crippen molar-refractivity contribution in [3.63, 3.8) is 0 Å². The zero-order chi connectivity index (χ0) is 12.3. The van der Waals surface area contributed by atoms with Gasteiger partial charge in [-0.05, 0) is 35.8 Å². The number of rotatable bonds is 2. The highest BCUT2D eigenvalue weighted by atomic mass is 32.1. The van der Waals surface area contributed by atoms with Gasteiger partial charge in [-0.1, -0.05) is 42.5 Å². The molecule has 0 radical (unpaired) electrons. The summed E-state index contributed by atoms with van der Waals surface area (Å²) in [5, 5.41) is 0. The van der Waals surface area contributed by atoms with E-state index in [-0.39, 0.29) is 0 Å². The lowest BCUT2D eigenvalue weighted by Gasteiger charge is -2.12. The summed E-state index contributed by atoms with van der Waals surface area (Å²) in [5.74, 6) is 0. The number of benzene rings is 2. The SMILES string of the molecule is CC=C(c1ccccc1S)c1ccccc1S. The molecule has 0 atom stereocenters. The van der Waals surface area contributed by atoms with Crippen molar-refractivity contribution in [2.24, 2.45) is 0 Å². The minimum atomic E-state index is 0.984. The zero-order valence-electron chi connectivity index (χ0n) is 9.59. The molecule has 0 aliphatic carbocycles. The van der Waals surface area contributed by atoms with Crippen LogP contribution in [0.4, 0.5) is 0 Å². The monoisotopic (exact) mass is 258 g/mol. The van der Waals surface area contributed by atoms with Crippen LogP contribution in [0.2, 0.25) is 0 Å². The van der Waals surface area contributed by atoms with Gasteiger partial charge in [0.05, 0.1) is 0 Å². The molecule has 2 heteroatoms. The van der Waals surface area contributed by atoms with E-state index in [1.807, 2.05) is 43.3 Å². The van der Waals surface area contributed by atoms with Crippen molar-refractivity contribution in [2.75, 3.05) is 0 Å². The van der Waals surface area contributed by atoms with E-state index < -0.39 is 0 Å². The van der Waals surface area contributed by atoms with E-state index in [2.05, 4.69) is 43.5 Å². The standard InChI is InChI=1S/C15H14S2/c1-2-11(12-7-3-5-9-14(12)16)13-8-4-6-10-15(13)17/h2-10,16-17H,1H3. The Morgan fingerprint density at radius 1 is 0.824 bits per heavy atom. The number of thiol groups is 2. The molecule has 86 valence electrons. The molecule has 2 rings (SSSR count). The molecule has 0 unspecified atom stereocenters. The highest BCUT2D eigenvalue weighted by Crippen LogP contribution is 2.31. The maximum Gasteiger partial charge on any atom is 0.0119 e. The van der Waals surface area contributed by atoms with E-state index in [1.54, 1.807) is 0 Å². The van der Waals surface area contributed by atoms with Gasteiger partial charge in [-0.15, -0.1) is 25.3 Å². The topological polar surface area (TPSA) is 0 Å². The summed E-state index contributed by atoms with van der Waals surface area (Å²) in [6, 6.07) is 16.2. The van der Waals surface area contributed by atoms with Crippen LogP contribution in [0.25, 0.3) is 5.57 Å². The van der Waals surface area contributed by atoms with Crippen LogP contribution in [0.15, 0.2) is 64.4 Å². The Morgan fingerprint density at radius 2 is 1.24 bits per heavy atom. The first-order valence-corrected chi connectivity index (χ1v) is 6.36. The van der Waals surface area contributed by atoms with Crippen molar-refractivity contribution in [3.8, 4) is 0 Å². The molecule has 0 bridgehead atoms. The van der Waals surface area contributed by atoms with Gasteiger partial charge < -0.3 is 0 Å². The second-order valence-electron chi connectivity index (χ2n) is 3.74. The molecule has 0 saturated heterocycles. The molecule has 2 aromatic rings. The van der Waals surface area contributed by atoms with Crippen LogP contribution in [0.1, 0.15) is 18.1 Å². The fourth-order valence-corrected chi connectivity index (χ4v) is 2.42. The summed E-state index contributed by atoms with van der Waals surface area (Å²) in [5.41, 5.74) is 3.45. The average Bonchev–Trinajstić information content (AvgIpc) is 2.34. The highest BCUT2D eigenvalue weighted by Gasteiger charge is 2.08. The Morgan fingerprint density at radius 3 is 1.59 bits per heavy atom. The predicted molar refractivity (Wildman–Crippen MR) is 80.1 cm³/mol. The first-order valence-electron chi connectivity index (χ1n) is 5.47. The quantitative estimate of drug-likeness (QED) is 0.716. The van der Waals surface area contributed by atoms with E-state index in [1.165, 1.54) is 5.57 Å². The smallest absolute Gasteiger partial charge is 0.0119 e. The third-order valence-electron chi connectivity index (χ3n) is 2.68. The van der Waals surface area contributed by atoms with E-state index in [0.29, 0.717) is 0 Å². The second kappa shape index (κ2) is 5.48. The molecule has 0 fully saturated rings. The first-order chi connectivity index (χ1) is 8.24. The predicted octanol–water partition coefficient (Wildman–Crippen LogP) is 4.72. The maximum atomic E-state index is 4.51. The Balaban J connectivity index is 2.57. The molecule has 0 saturated carbocycles. The molecule has 0 amide bonds. The summed E-state index contributed by atoms with van der Waals surface area (Å²) in [6.07, 6.45) is 2.10. The van der Waals surface area contributed by atoms with E-state index >= 15 is 0 Å². The summed E-state index contributed by atoms with van der Waals surface area (Å²) < 4.78 is 0. The summed E-state index contributed by atoms with van der Waals surface area (Å²) in [7, 11) is 0. The Hall–Kier alpha value is -1.12. The summed E-state index contributed by atoms with van der Waals surface area (Å²) in [6.45, 7) is 2.04. The highest BCUT2D eigenvalue weighted by molar-refractivity contribution is 7.80. The molecule has 0 aliphatic heterocycles. The fraction of sp³-hybridized carbons (Fsp3) is 0.0667. The number of hydrogen-bond acceptors (Lipinski definition) is 2. The van der Waals surface area contributed by atoms with Crippen LogP contribution in [0.5, 0.6) is 0 Å². The van der Waals surface area contributed by atoms with Crippen LogP contribution in [-0.4, -0.2) is 0 Å². The van der Waals surface area contributed by atoms with Gasteiger partial charge in [-0.3, -0.25) is 0 Å². The molecular formula is C15H14S2. The molecule has 2 aromatic carbocycles. The molecule has 0 nitrogen and oxygen atoms in total. The summed E-state index contributed by atoms with van der Waals surface area (Å²) in [4.78, 5) is 1.97. The Bertz CT molecular complexity index is 509. The molecule has 0 aliphatic rings. The van der Waals surface area contributed by atoms with Gasteiger partial charge in [0.25, 0.3) is 0 Å². The largest absolute Gasteiger partial charge is 0.143 e. The van der Waals surface area contributed by atoms with Crippen molar-refractivity contribution in [3.05, 3.63) is 65.7 Å². The van der Waals surface area contributed by atoms with Gasteiger partial charge in [0.1, 0.15) is 0 Å². The van der Waals surface area contributed by atoms with Gasteiger partial charge >= 0.3 is 0 Å². The van der Waals surface area contributed by atoms with Crippen LogP contribution in [-0.2, 0) is 0 Å². The van der Waals surface area contributed by atoms with Crippen molar-refractivity contribution >= 4 is 30.8 Å². The van der Waals surface area contributed by atoms with E-state index in [9.17, 15) is 0 Å². The maximum absolute atomic E-state index is 4.51. The first kappa shape index (κ1) is 12.3. The summed E-state index contributed by atoms with van der Waals surface area (Å²) >= 11 is 9.02. The molecular weight excluding hydrogens is 244 g/mol. The molecule has 0 aromatic heterocycles. The molecule has 0 N–H and O–H groups in total. The van der Waals surface area contributed by atoms with Gasteiger partial charge in [0.2, 0.25) is 0 Å². The second-order valence-corrected chi connectivity index (χ2v) is 4.70. The lowest BCUT2D eigenvalue weighted by atomic mass is 9.98. The van der Waals surface area contributed by atoms with Crippen molar-refractivity contribution < 1.29 is 0 Å². The average molecular weight is 258 g/mol. The molecule has 17 heavy (non-hydrogen) atoms. The normalized spacial score (nSPS) is 10.1. The number of hydrogen-bond donors (Lipinski definition) is 2. The van der Waals surface area contributed by atoms with Gasteiger partial charge in [0.15, 0.2) is 0 Å². The van der Waals surface area contributed by atoms with Crippen molar-refractivity contribution in [2.45, 2.75) is 16.7 Å². The van der Waals surface area contributed by atoms with Crippen LogP contribution >= 0.6 is 25.3 Å². The Labute approximate surface area is 113 Å². The number of allylic oxidation sites excluding steroid dienone is 1. The van der Waals surface area contributed by atoms with Gasteiger partial charge in [0, 0.05) is 9.79 Å². The van der Waals surface area contributed by atoms with Gasteiger partial charge in [-0.2, -0.15) is 0 Å². The lowest BCUT2D eigenvalue weighted by Crippen LogP contribution is -1.90. The van der Waals surface area contributed by atoms with Crippen molar-refractivity contribution in [1.29, 1.82) is 0 Å². The third kappa shape index (κ3) is 2.59. The van der Waals surface area contributed by atoms with E-state index in [4.69, 9.17) is 0 Å². The third-order valence-corrected chi connectivity index (χ3v) is 3.46. The molecule has 0 heterocycles. The zero-order valence-corrected chi connectivity index (χ0v) is 11.4. The minimum absolute atomic E-state index is 0.984. The van der Waals surface area contributed by atoms with Gasteiger partial charge in [-0.25, -0.2) is 0 Å². The fourth-order valence-electron chi connectivity index (χ4n) is 1.86. The Kier molecular flexibility index (Phi) is 3.97. The minimum Gasteiger partial charge on any atom is -0.143 e. The molecule has 0 spiro atoms. The van der Waals surface area contributed by atoms with Crippen LogP contribution in [0.3, 0.4) is 0 Å². The van der Waals surface area contributed by atoms with Crippen molar-refractivity contribution in [1.82, 2.24) is 0 Å². The van der Waals surface area contributed by atoms with E-state index in [0.717, 1.165) is 20.9 Å².